The molecule has 0 aliphatic rings. The minimum Gasteiger partial charge on any atom is -0.278 e. The Labute approximate surface area is 108 Å². The molecule has 0 amide bonds. The van der Waals surface area contributed by atoms with Gasteiger partial charge in [-0.15, -0.1) is 11.3 Å². The van der Waals surface area contributed by atoms with Crippen LogP contribution in [0.3, 0.4) is 0 Å². The van der Waals surface area contributed by atoms with E-state index < -0.39 is 4.92 Å². The van der Waals surface area contributed by atoms with Crippen LogP contribution < -0.4 is 5.43 Å². The highest BCUT2D eigenvalue weighted by molar-refractivity contribution is 7.10. The molecule has 0 atom stereocenters. The average molecular weight is 261 g/mol. The average Bonchev–Trinajstić information content (AvgIpc) is 2.76. The van der Waals surface area contributed by atoms with E-state index in [1.165, 1.54) is 17.0 Å². The lowest BCUT2D eigenvalue weighted by Gasteiger charge is -1.99. The van der Waals surface area contributed by atoms with Gasteiger partial charge in [-0.05, 0) is 24.4 Å². The number of rotatable bonds is 4. The number of hydrazone groups is 1. The molecular formula is C12H11N3O2S. The molecule has 0 radical (unpaired) electrons. The number of nitro groups is 1. The second kappa shape index (κ2) is 5.42. The molecule has 1 aromatic heterocycles. The van der Waals surface area contributed by atoms with E-state index in [1.807, 2.05) is 18.4 Å². The van der Waals surface area contributed by atoms with E-state index in [2.05, 4.69) is 10.5 Å². The molecule has 92 valence electrons. The first-order valence-electron chi connectivity index (χ1n) is 5.24. The Morgan fingerprint density at radius 3 is 2.94 bits per heavy atom. The van der Waals surface area contributed by atoms with Crippen LogP contribution in [0.1, 0.15) is 10.4 Å². The molecule has 2 aromatic rings. The maximum absolute atomic E-state index is 10.6. The Morgan fingerprint density at radius 1 is 1.44 bits per heavy atom. The third-order valence-electron chi connectivity index (χ3n) is 2.35. The maximum Gasteiger partial charge on any atom is 0.271 e. The molecule has 0 aliphatic carbocycles. The second-order valence-corrected chi connectivity index (χ2v) is 4.73. The zero-order chi connectivity index (χ0) is 13.0. The van der Waals surface area contributed by atoms with Gasteiger partial charge >= 0.3 is 0 Å². The highest BCUT2D eigenvalue weighted by atomic mass is 32.1. The van der Waals surface area contributed by atoms with Crippen LogP contribution in [0.5, 0.6) is 0 Å². The molecule has 0 fully saturated rings. The fraction of sp³-hybridized carbons (Fsp3) is 0.0833. The summed E-state index contributed by atoms with van der Waals surface area (Å²) in [5.74, 6) is 0. The zero-order valence-corrected chi connectivity index (χ0v) is 10.5. The van der Waals surface area contributed by atoms with Crippen LogP contribution in [-0.4, -0.2) is 11.1 Å². The molecule has 0 saturated heterocycles. The molecular weight excluding hydrogens is 250 g/mol. The van der Waals surface area contributed by atoms with Crippen LogP contribution in [0.15, 0.2) is 40.8 Å². The standard InChI is InChI=1S/C12H11N3O2S/c1-9-10(5-6-18-9)8-13-14-11-3-2-4-12(7-11)15(16)17/h2-8,14H,1H3/b13-8-. The number of thiophene rings is 1. The van der Waals surface area contributed by atoms with E-state index in [-0.39, 0.29) is 5.69 Å². The Bertz CT molecular complexity index is 593. The first-order chi connectivity index (χ1) is 8.66. The fourth-order valence-corrected chi connectivity index (χ4v) is 2.07. The Hall–Kier alpha value is -2.21. The van der Waals surface area contributed by atoms with Crippen LogP contribution >= 0.6 is 11.3 Å². The fourth-order valence-electron chi connectivity index (χ4n) is 1.39. The van der Waals surface area contributed by atoms with Gasteiger partial charge in [0.15, 0.2) is 0 Å². The van der Waals surface area contributed by atoms with Crippen molar-refractivity contribution in [2.24, 2.45) is 5.10 Å². The number of non-ortho nitro benzene ring substituents is 1. The van der Waals surface area contributed by atoms with Crippen molar-refractivity contribution in [3.05, 3.63) is 56.3 Å². The normalized spacial score (nSPS) is 10.7. The summed E-state index contributed by atoms with van der Waals surface area (Å²) in [6.07, 6.45) is 1.70. The van der Waals surface area contributed by atoms with E-state index in [9.17, 15) is 10.1 Å². The Balaban J connectivity index is 2.06. The van der Waals surface area contributed by atoms with E-state index >= 15 is 0 Å². The molecule has 1 N–H and O–H groups in total. The first-order valence-corrected chi connectivity index (χ1v) is 6.12. The number of hydrogen-bond donors (Lipinski definition) is 1. The lowest BCUT2D eigenvalue weighted by molar-refractivity contribution is -0.384. The number of benzene rings is 1. The summed E-state index contributed by atoms with van der Waals surface area (Å²) in [4.78, 5) is 11.3. The molecule has 1 aromatic carbocycles. The summed E-state index contributed by atoms with van der Waals surface area (Å²) in [5.41, 5.74) is 4.45. The largest absolute Gasteiger partial charge is 0.278 e. The quantitative estimate of drug-likeness (QED) is 0.521. The van der Waals surface area contributed by atoms with Gasteiger partial charge in [0.05, 0.1) is 16.8 Å². The lowest BCUT2D eigenvalue weighted by Crippen LogP contribution is -1.93. The van der Waals surface area contributed by atoms with Crippen molar-refractivity contribution in [3.8, 4) is 0 Å². The van der Waals surface area contributed by atoms with Gasteiger partial charge in [-0.1, -0.05) is 6.07 Å². The van der Waals surface area contributed by atoms with Gasteiger partial charge in [-0.3, -0.25) is 15.5 Å². The predicted octanol–water partition coefficient (Wildman–Crippen LogP) is 3.41. The smallest absolute Gasteiger partial charge is 0.271 e. The third-order valence-corrected chi connectivity index (χ3v) is 3.21. The number of nitro benzene ring substituents is 1. The Kier molecular flexibility index (Phi) is 3.69. The van der Waals surface area contributed by atoms with Crippen molar-refractivity contribution in [1.82, 2.24) is 0 Å². The monoisotopic (exact) mass is 261 g/mol. The number of nitrogens with one attached hydrogen (secondary N) is 1. The molecule has 1 heterocycles. The van der Waals surface area contributed by atoms with Crippen molar-refractivity contribution in [3.63, 3.8) is 0 Å². The minimum atomic E-state index is -0.433. The number of hydrogen-bond acceptors (Lipinski definition) is 5. The van der Waals surface area contributed by atoms with Gasteiger partial charge in [0.1, 0.15) is 0 Å². The van der Waals surface area contributed by atoms with Crippen molar-refractivity contribution in [2.75, 3.05) is 5.43 Å². The van der Waals surface area contributed by atoms with Crippen LogP contribution in [0.2, 0.25) is 0 Å². The van der Waals surface area contributed by atoms with Gasteiger partial charge in [-0.25, -0.2) is 0 Å². The summed E-state index contributed by atoms with van der Waals surface area (Å²) >= 11 is 1.65. The first kappa shape index (κ1) is 12.3. The van der Waals surface area contributed by atoms with E-state index in [4.69, 9.17) is 0 Å². The van der Waals surface area contributed by atoms with E-state index in [0.717, 1.165) is 5.56 Å². The minimum absolute atomic E-state index is 0.0434. The highest BCUT2D eigenvalue weighted by Gasteiger charge is 2.04. The van der Waals surface area contributed by atoms with Crippen molar-refractivity contribution < 1.29 is 4.92 Å². The molecule has 18 heavy (non-hydrogen) atoms. The summed E-state index contributed by atoms with van der Waals surface area (Å²) in [7, 11) is 0. The number of nitrogens with zero attached hydrogens (tertiary/aromatic N) is 2. The van der Waals surface area contributed by atoms with E-state index in [0.29, 0.717) is 5.69 Å². The SMILES string of the molecule is Cc1sccc1/C=N\Nc1cccc([N+](=O)[O-])c1. The molecule has 2 rings (SSSR count). The maximum atomic E-state index is 10.6. The number of aryl methyl sites for hydroxylation is 1. The topological polar surface area (TPSA) is 67.5 Å². The summed E-state index contributed by atoms with van der Waals surface area (Å²) < 4.78 is 0. The molecule has 6 heteroatoms. The molecule has 5 nitrogen and oxygen atoms in total. The number of anilines is 1. The van der Waals surface area contributed by atoms with Crippen LogP contribution in [-0.2, 0) is 0 Å². The van der Waals surface area contributed by atoms with Crippen molar-refractivity contribution >= 4 is 28.9 Å². The van der Waals surface area contributed by atoms with Gasteiger partial charge < -0.3 is 0 Å². The second-order valence-electron chi connectivity index (χ2n) is 3.61. The highest BCUT2D eigenvalue weighted by Crippen LogP contribution is 2.17. The molecule has 0 saturated carbocycles. The van der Waals surface area contributed by atoms with Crippen LogP contribution in [0, 0.1) is 17.0 Å². The molecule has 0 aliphatic heterocycles. The van der Waals surface area contributed by atoms with E-state index in [1.54, 1.807) is 29.7 Å². The summed E-state index contributed by atoms with van der Waals surface area (Å²) in [6, 6.07) is 8.20. The summed E-state index contributed by atoms with van der Waals surface area (Å²) in [6.45, 7) is 2.01. The molecule has 0 bridgehead atoms. The van der Waals surface area contributed by atoms with Gasteiger partial charge in [-0.2, -0.15) is 5.10 Å². The predicted molar refractivity (Wildman–Crippen MR) is 73.4 cm³/mol. The molecule has 0 spiro atoms. The molecule has 0 unspecified atom stereocenters. The zero-order valence-electron chi connectivity index (χ0n) is 9.66. The van der Waals surface area contributed by atoms with Crippen LogP contribution in [0.25, 0.3) is 0 Å². The van der Waals surface area contributed by atoms with Gasteiger partial charge in [0.25, 0.3) is 5.69 Å². The van der Waals surface area contributed by atoms with Gasteiger partial charge in [0, 0.05) is 22.6 Å². The van der Waals surface area contributed by atoms with Crippen molar-refractivity contribution in [1.29, 1.82) is 0 Å². The summed E-state index contributed by atoms with van der Waals surface area (Å²) in [5, 5.41) is 16.6. The van der Waals surface area contributed by atoms with Crippen molar-refractivity contribution in [2.45, 2.75) is 6.92 Å². The van der Waals surface area contributed by atoms with Gasteiger partial charge in [0.2, 0.25) is 0 Å². The lowest BCUT2D eigenvalue weighted by atomic mass is 10.3. The Morgan fingerprint density at radius 2 is 2.28 bits per heavy atom. The third kappa shape index (κ3) is 2.92. The van der Waals surface area contributed by atoms with Crippen LogP contribution in [0.4, 0.5) is 11.4 Å².